The van der Waals surface area contributed by atoms with Crippen molar-refractivity contribution in [1.29, 1.82) is 0 Å². The van der Waals surface area contributed by atoms with Crippen LogP contribution < -0.4 is 4.74 Å². The molecule has 1 aromatic carbocycles. The highest BCUT2D eigenvalue weighted by atomic mass is 16.5. The van der Waals surface area contributed by atoms with Gasteiger partial charge in [0.25, 0.3) is 0 Å². The van der Waals surface area contributed by atoms with E-state index in [0.29, 0.717) is 0 Å². The van der Waals surface area contributed by atoms with Crippen molar-refractivity contribution in [3.05, 3.63) is 42.1 Å². The Morgan fingerprint density at radius 1 is 1.19 bits per heavy atom. The predicted octanol–water partition coefficient (Wildman–Crippen LogP) is 3.49. The molecule has 2 aromatic rings. The van der Waals surface area contributed by atoms with Crippen LogP contribution in [0.2, 0.25) is 0 Å². The Bertz CT molecular complexity index is 485. The Balaban J connectivity index is 2.49. The highest BCUT2D eigenvalue weighted by molar-refractivity contribution is 5.62. The third-order valence-corrected chi connectivity index (χ3v) is 2.88. The molecule has 0 bridgehead atoms. The van der Waals surface area contributed by atoms with Crippen LogP contribution in [0.1, 0.15) is 12.6 Å². The Morgan fingerprint density at radius 3 is 2.69 bits per heavy atom. The number of methoxy groups -OCH3 is 1. The molecule has 0 radical (unpaired) electrons. The van der Waals surface area contributed by atoms with Crippen LogP contribution in [0.5, 0.6) is 5.75 Å². The van der Waals surface area contributed by atoms with Crippen LogP contribution in [0.15, 0.2) is 36.4 Å². The topological polar surface area (TPSA) is 14.2 Å². The third-order valence-electron chi connectivity index (χ3n) is 2.88. The van der Waals surface area contributed by atoms with Gasteiger partial charge in [0.2, 0.25) is 0 Å². The van der Waals surface area contributed by atoms with Crippen LogP contribution >= 0.6 is 0 Å². The van der Waals surface area contributed by atoms with E-state index in [0.717, 1.165) is 12.3 Å². The lowest BCUT2D eigenvalue weighted by atomic mass is 10.1. The number of rotatable bonds is 3. The van der Waals surface area contributed by atoms with Crippen molar-refractivity contribution < 1.29 is 4.74 Å². The largest absolute Gasteiger partial charge is 0.497 e. The third kappa shape index (κ3) is 1.83. The van der Waals surface area contributed by atoms with E-state index in [2.05, 4.69) is 42.7 Å². The van der Waals surface area contributed by atoms with Gasteiger partial charge in [0.15, 0.2) is 0 Å². The zero-order valence-corrected chi connectivity index (χ0v) is 10.0. The highest BCUT2D eigenvalue weighted by Crippen LogP contribution is 2.25. The number of aryl methyl sites for hydroxylation is 1. The summed E-state index contributed by atoms with van der Waals surface area (Å²) in [7, 11) is 1.70. The molecule has 0 saturated carbocycles. The van der Waals surface area contributed by atoms with Crippen molar-refractivity contribution in [1.82, 2.24) is 4.57 Å². The Morgan fingerprint density at radius 2 is 2.00 bits per heavy atom. The smallest absolute Gasteiger partial charge is 0.119 e. The van der Waals surface area contributed by atoms with Crippen LogP contribution in [0.25, 0.3) is 11.3 Å². The van der Waals surface area contributed by atoms with E-state index in [9.17, 15) is 0 Å². The van der Waals surface area contributed by atoms with Crippen molar-refractivity contribution in [3.63, 3.8) is 0 Å². The predicted molar refractivity (Wildman–Crippen MR) is 66.8 cm³/mol. The SMILES string of the molecule is CCn1c(C)ccc1-c1cccc(OC)c1. The molecule has 0 amide bonds. The molecule has 2 heteroatoms. The molecule has 1 heterocycles. The van der Waals surface area contributed by atoms with Gasteiger partial charge in [0.1, 0.15) is 5.75 Å². The first-order valence-electron chi connectivity index (χ1n) is 5.56. The molecule has 0 fully saturated rings. The van der Waals surface area contributed by atoms with Crippen LogP contribution in [0, 0.1) is 6.92 Å². The number of aromatic nitrogens is 1. The molecular formula is C14H17NO. The molecular weight excluding hydrogens is 198 g/mol. The molecule has 0 N–H and O–H groups in total. The zero-order chi connectivity index (χ0) is 11.5. The molecule has 0 spiro atoms. The van der Waals surface area contributed by atoms with Gasteiger partial charge in [-0.1, -0.05) is 12.1 Å². The first-order chi connectivity index (χ1) is 7.76. The first-order valence-corrected chi connectivity index (χ1v) is 5.56. The second kappa shape index (κ2) is 4.44. The average molecular weight is 215 g/mol. The summed E-state index contributed by atoms with van der Waals surface area (Å²) in [6, 6.07) is 12.5. The number of hydrogen-bond acceptors (Lipinski definition) is 1. The number of hydrogen-bond donors (Lipinski definition) is 0. The van der Waals surface area contributed by atoms with Gasteiger partial charge >= 0.3 is 0 Å². The Hall–Kier alpha value is -1.70. The fourth-order valence-electron chi connectivity index (χ4n) is 2.02. The van der Waals surface area contributed by atoms with Crippen molar-refractivity contribution in [2.24, 2.45) is 0 Å². The van der Waals surface area contributed by atoms with Gasteiger partial charge in [0, 0.05) is 23.5 Å². The Labute approximate surface area is 96.5 Å². The summed E-state index contributed by atoms with van der Waals surface area (Å²) in [5, 5.41) is 0. The van der Waals surface area contributed by atoms with E-state index >= 15 is 0 Å². The fraction of sp³-hybridized carbons (Fsp3) is 0.286. The molecule has 1 aromatic heterocycles. The summed E-state index contributed by atoms with van der Waals surface area (Å²) in [6.45, 7) is 5.29. The van der Waals surface area contributed by atoms with E-state index in [1.807, 2.05) is 12.1 Å². The molecule has 0 atom stereocenters. The summed E-state index contributed by atoms with van der Waals surface area (Å²) < 4.78 is 7.55. The number of benzene rings is 1. The summed E-state index contributed by atoms with van der Waals surface area (Å²) in [5.41, 5.74) is 3.74. The van der Waals surface area contributed by atoms with Gasteiger partial charge in [-0.25, -0.2) is 0 Å². The maximum absolute atomic E-state index is 5.25. The maximum atomic E-state index is 5.25. The van der Waals surface area contributed by atoms with Crippen LogP contribution in [-0.4, -0.2) is 11.7 Å². The quantitative estimate of drug-likeness (QED) is 0.764. The normalized spacial score (nSPS) is 10.4. The van der Waals surface area contributed by atoms with Crippen molar-refractivity contribution in [2.75, 3.05) is 7.11 Å². The van der Waals surface area contributed by atoms with Gasteiger partial charge in [-0.15, -0.1) is 0 Å². The van der Waals surface area contributed by atoms with Crippen LogP contribution in [0.3, 0.4) is 0 Å². The zero-order valence-electron chi connectivity index (χ0n) is 10.0. The van der Waals surface area contributed by atoms with Gasteiger partial charge < -0.3 is 9.30 Å². The summed E-state index contributed by atoms with van der Waals surface area (Å²) in [6.07, 6.45) is 0. The second-order valence-corrected chi connectivity index (χ2v) is 3.84. The minimum atomic E-state index is 0.902. The maximum Gasteiger partial charge on any atom is 0.119 e. The minimum Gasteiger partial charge on any atom is -0.497 e. The van der Waals surface area contributed by atoms with Gasteiger partial charge in [-0.2, -0.15) is 0 Å². The standard InChI is InChI=1S/C14H17NO/c1-4-15-11(2)8-9-14(15)12-6-5-7-13(10-12)16-3/h5-10H,4H2,1-3H3. The average Bonchev–Trinajstić information content (AvgIpc) is 2.70. The van der Waals surface area contributed by atoms with E-state index in [4.69, 9.17) is 4.74 Å². The minimum absolute atomic E-state index is 0.902. The van der Waals surface area contributed by atoms with Crippen molar-refractivity contribution in [3.8, 4) is 17.0 Å². The van der Waals surface area contributed by atoms with Crippen LogP contribution in [-0.2, 0) is 6.54 Å². The fourth-order valence-corrected chi connectivity index (χ4v) is 2.02. The summed E-state index contributed by atoms with van der Waals surface area (Å²) in [5.74, 6) is 0.902. The van der Waals surface area contributed by atoms with E-state index in [1.165, 1.54) is 17.0 Å². The monoisotopic (exact) mass is 215 g/mol. The molecule has 0 aliphatic heterocycles. The van der Waals surface area contributed by atoms with Gasteiger partial charge in [-0.05, 0) is 38.1 Å². The van der Waals surface area contributed by atoms with Crippen molar-refractivity contribution in [2.45, 2.75) is 20.4 Å². The van der Waals surface area contributed by atoms with Crippen LogP contribution in [0.4, 0.5) is 0 Å². The Kier molecular flexibility index (Phi) is 3.00. The van der Waals surface area contributed by atoms with Gasteiger partial charge in [0.05, 0.1) is 7.11 Å². The molecule has 84 valence electrons. The van der Waals surface area contributed by atoms with E-state index < -0.39 is 0 Å². The summed E-state index contributed by atoms with van der Waals surface area (Å²) in [4.78, 5) is 0. The molecule has 2 rings (SSSR count). The van der Waals surface area contributed by atoms with Crippen molar-refractivity contribution >= 4 is 0 Å². The van der Waals surface area contributed by atoms with Gasteiger partial charge in [-0.3, -0.25) is 0 Å². The molecule has 0 aliphatic carbocycles. The molecule has 16 heavy (non-hydrogen) atoms. The molecule has 2 nitrogen and oxygen atoms in total. The van der Waals surface area contributed by atoms with E-state index in [1.54, 1.807) is 7.11 Å². The van der Waals surface area contributed by atoms with E-state index in [-0.39, 0.29) is 0 Å². The lowest BCUT2D eigenvalue weighted by Crippen LogP contribution is -1.98. The molecule has 0 aliphatic rings. The molecule has 0 saturated heterocycles. The number of ether oxygens (including phenoxy) is 1. The first kappa shape index (κ1) is 10.8. The number of nitrogens with zero attached hydrogens (tertiary/aromatic N) is 1. The second-order valence-electron chi connectivity index (χ2n) is 3.84. The lowest BCUT2D eigenvalue weighted by Gasteiger charge is -2.10. The highest BCUT2D eigenvalue weighted by Gasteiger charge is 2.06. The lowest BCUT2D eigenvalue weighted by molar-refractivity contribution is 0.415. The summed E-state index contributed by atoms with van der Waals surface area (Å²) >= 11 is 0. The molecule has 0 unspecified atom stereocenters.